The van der Waals surface area contributed by atoms with Gasteiger partial charge in [-0.25, -0.2) is 4.39 Å². The van der Waals surface area contributed by atoms with Gasteiger partial charge in [-0.1, -0.05) is 24.3 Å². The van der Waals surface area contributed by atoms with Gasteiger partial charge < -0.3 is 33.4 Å². The van der Waals surface area contributed by atoms with Crippen molar-refractivity contribution < 1.29 is 32.9 Å². The van der Waals surface area contributed by atoms with Crippen LogP contribution < -0.4 is 28.9 Å². The maximum atomic E-state index is 13.5. The van der Waals surface area contributed by atoms with Gasteiger partial charge in [0.15, 0.2) is 0 Å². The molecule has 1 fully saturated rings. The number of halogens is 2. The van der Waals surface area contributed by atoms with E-state index in [1.165, 1.54) is 43.4 Å². The van der Waals surface area contributed by atoms with Gasteiger partial charge in [0, 0.05) is 24.7 Å². The average molecular weight is 494 g/mol. The van der Waals surface area contributed by atoms with Gasteiger partial charge in [-0.2, -0.15) is 0 Å². The van der Waals surface area contributed by atoms with Crippen LogP contribution in [-0.2, 0) is 12.8 Å². The standard InChI is InChI=1S/C24H32FN2.HI/c1-27(2)16-6-5-9-24(27)14-15-26(22-12-10-21(25)11-13-22)23-17-19-7-3-4-8-20(19)18-23;/h3-4,7-8,10-13,23-24H,5-6,9,14-18H2,1-2H3;1H/q+1;/p-1. The topological polar surface area (TPSA) is 3.24 Å². The number of hydrogen-bond donors (Lipinski definition) is 0. The first-order valence-corrected chi connectivity index (χ1v) is 10.4. The number of benzene rings is 2. The zero-order valence-electron chi connectivity index (χ0n) is 17.1. The molecule has 2 aromatic rings. The Hall–Kier alpha value is -1.14. The summed E-state index contributed by atoms with van der Waals surface area (Å²) in [6.07, 6.45) is 7.43. The molecule has 1 heterocycles. The second-order valence-corrected chi connectivity index (χ2v) is 8.94. The number of piperidine rings is 1. The Kier molecular flexibility index (Phi) is 7.02. The molecule has 4 rings (SSSR count). The van der Waals surface area contributed by atoms with E-state index in [2.05, 4.69) is 43.3 Å². The second kappa shape index (κ2) is 9.12. The maximum absolute atomic E-state index is 13.5. The lowest BCUT2D eigenvalue weighted by atomic mass is 9.96. The molecule has 0 saturated carbocycles. The highest BCUT2D eigenvalue weighted by atomic mass is 127. The number of likely N-dealkylation sites (tertiary alicyclic amines) is 1. The van der Waals surface area contributed by atoms with E-state index >= 15 is 0 Å². The molecule has 0 radical (unpaired) electrons. The SMILES string of the molecule is C[N+]1(C)CCCCC1CCN(c1ccc(F)cc1)C1Cc2ccccc2C1.[I-]. The van der Waals surface area contributed by atoms with Gasteiger partial charge >= 0.3 is 0 Å². The van der Waals surface area contributed by atoms with Crippen LogP contribution in [0.15, 0.2) is 48.5 Å². The van der Waals surface area contributed by atoms with Crippen LogP contribution in [0.2, 0.25) is 0 Å². The molecule has 152 valence electrons. The minimum absolute atomic E-state index is 0. The molecule has 1 aliphatic carbocycles. The molecule has 2 aliphatic rings. The minimum atomic E-state index is -0.154. The number of quaternary nitrogens is 1. The molecule has 2 nitrogen and oxygen atoms in total. The normalized spacial score (nSPS) is 21.0. The summed E-state index contributed by atoms with van der Waals surface area (Å²) in [4.78, 5) is 2.55. The summed E-state index contributed by atoms with van der Waals surface area (Å²) in [5.74, 6) is -0.154. The molecule has 0 spiro atoms. The van der Waals surface area contributed by atoms with E-state index in [0.717, 1.165) is 35.6 Å². The van der Waals surface area contributed by atoms with Crippen molar-refractivity contribution in [2.24, 2.45) is 0 Å². The highest BCUT2D eigenvalue weighted by Gasteiger charge is 2.33. The van der Waals surface area contributed by atoms with Crippen molar-refractivity contribution in [2.75, 3.05) is 32.1 Å². The lowest BCUT2D eigenvalue weighted by Crippen LogP contribution is -3.00. The molecule has 1 saturated heterocycles. The van der Waals surface area contributed by atoms with Crippen molar-refractivity contribution in [3.8, 4) is 0 Å². The van der Waals surface area contributed by atoms with Crippen molar-refractivity contribution in [3.63, 3.8) is 0 Å². The molecule has 28 heavy (non-hydrogen) atoms. The Morgan fingerprint density at radius 3 is 2.21 bits per heavy atom. The first-order valence-electron chi connectivity index (χ1n) is 10.4. The van der Waals surface area contributed by atoms with Gasteiger partial charge in [0.2, 0.25) is 0 Å². The summed E-state index contributed by atoms with van der Waals surface area (Å²) in [6, 6.07) is 17.1. The van der Waals surface area contributed by atoms with Gasteiger partial charge in [-0.15, -0.1) is 0 Å². The van der Waals surface area contributed by atoms with E-state index in [1.54, 1.807) is 12.1 Å². The van der Waals surface area contributed by atoms with E-state index in [-0.39, 0.29) is 29.8 Å². The summed E-state index contributed by atoms with van der Waals surface area (Å²) in [6.45, 7) is 2.34. The van der Waals surface area contributed by atoms with Crippen LogP contribution in [0, 0.1) is 5.82 Å². The molecule has 0 bridgehead atoms. The quantitative estimate of drug-likeness (QED) is 0.453. The third-order valence-electron chi connectivity index (χ3n) is 6.84. The molecular formula is C24H32FIN2. The highest BCUT2D eigenvalue weighted by molar-refractivity contribution is 5.50. The van der Waals surface area contributed by atoms with Crippen molar-refractivity contribution in [2.45, 2.75) is 50.6 Å². The highest BCUT2D eigenvalue weighted by Crippen LogP contribution is 2.31. The first kappa shape index (κ1) is 21.6. The van der Waals surface area contributed by atoms with Crippen LogP contribution in [-0.4, -0.2) is 43.8 Å². The zero-order valence-corrected chi connectivity index (χ0v) is 19.2. The predicted octanol–water partition coefficient (Wildman–Crippen LogP) is 1.82. The smallest absolute Gasteiger partial charge is 0.123 e. The zero-order chi connectivity index (χ0) is 18.9. The number of nitrogens with zero attached hydrogens (tertiary/aromatic N) is 2. The Morgan fingerprint density at radius 1 is 0.964 bits per heavy atom. The van der Waals surface area contributed by atoms with E-state index in [1.807, 2.05) is 12.1 Å². The van der Waals surface area contributed by atoms with Gasteiger partial charge in [0.05, 0.1) is 26.7 Å². The van der Waals surface area contributed by atoms with Crippen molar-refractivity contribution in [1.29, 1.82) is 0 Å². The van der Waals surface area contributed by atoms with Crippen molar-refractivity contribution >= 4 is 5.69 Å². The van der Waals surface area contributed by atoms with Crippen LogP contribution in [0.4, 0.5) is 10.1 Å². The van der Waals surface area contributed by atoms with Crippen LogP contribution in [0.25, 0.3) is 0 Å². The summed E-state index contributed by atoms with van der Waals surface area (Å²) in [5.41, 5.74) is 4.11. The van der Waals surface area contributed by atoms with Gasteiger partial charge in [0.1, 0.15) is 5.82 Å². The molecule has 4 heteroatoms. The average Bonchev–Trinajstić information content (AvgIpc) is 3.08. The Bertz CT molecular complexity index is 749. The molecule has 1 unspecified atom stereocenters. The van der Waals surface area contributed by atoms with Crippen LogP contribution in [0.3, 0.4) is 0 Å². The van der Waals surface area contributed by atoms with Crippen LogP contribution in [0.1, 0.15) is 36.8 Å². The number of fused-ring (bicyclic) bond motifs is 1. The molecule has 0 N–H and O–H groups in total. The van der Waals surface area contributed by atoms with E-state index < -0.39 is 0 Å². The fourth-order valence-corrected chi connectivity index (χ4v) is 5.12. The lowest BCUT2D eigenvalue weighted by molar-refractivity contribution is -0.920. The Labute approximate surface area is 186 Å². The molecule has 0 amide bonds. The summed E-state index contributed by atoms with van der Waals surface area (Å²) in [5, 5.41) is 0. The van der Waals surface area contributed by atoms with Crippen LogP contribution in [0.5, 0.6) is 0 Å². The second-order valence-electron chi connectivity index (χ2n) is 8.94. The molecule has 1 aliphatic heterocycles. The first-order chi connectivity index (χ1) is 13.0. The molecule has 0 aromatic heterocycles. The molecular weight excluding hydrogens is 462 g/mol. The van der Waals surface area contributed by atoms with Gasteiger partial charge in [-0.05, 0) is 67.5 Å². The van der Waals surface area contributed by atoms with Gasteiger partial charge in [-0.3, -0.25) is 0 Å². The third kappa shape index (κ3) is 4.70. The maximum Gasteiger partial charge on any atom is 0.123 e. The fourth-order valence-electron chi connectivity index (χ4n) is 5.12. The predicted molar refractivity (Wildman–Crippen MR) is 111 cm³/mol. The Morgan fingerprint density at radius 2 is 1.61 bits per heavy atom. The minimum Gasteiger partial charge on any atom is -1.00 e. The molecule has 2 aromatic carbocycles. The molecule has 1 atom stereocenters. The van der Waals surface area contributed by atoms with E-state index in [0.29, 0.717) is 6.04 Å². The van der Waals surface area contributed by atoms with E-state index in [4.69, 9.17) is 0 Å². The number of anilines is 1. The third-order valence-corrected chi connectivity index (χ3v) is 6.84. The van der Waals surface area contributed by atoms with E-state index in [9.17, 15) is 4.39 Å². The monoisotopic (exact) mass is 494 g/mol. The van der Waals surface area contributed by atoms with Gasteiger partial charge in [0.25, 0.3) is 0 Å². The van der Waals surface area contributed by atoms with Crippen LogP contribution >= 0.6 is 0 Å². The van der Waals surface area contributed by atoms with Crippen molar-refractivity contribution in [1.82, 2.24) is 0 Å². The number of hydrogen-bond acceptors (Lipinski definition) is 1. The lowest BCUT2D eigenvalue weighted by Gasteiger charge is -2.43. The summed E-state index contributed by atoms with van der Waals surface area (Å²) in [7, 11) is 4.77. The van der Waals surface area contributed by atoms with Crippen molar-refractivity contribution in [3.05, 3.63) is 65.5 Å². The largest absolute Gasteiger partial charge is 1.00 e. The number of rotatable bonds is 5. The summed E-state index contributed by atoms with van der Waals surface area (Å²) >= 11 is 0. The summed E-state index contributed by atoms with van der Waals surface area (Å²) < 4.78 is 14.6. The fraction of sp³-hybridized carbons (Fsp3) is 0.500. The Balaban J connectivity index is 0.00000225.